The van der Waals surface area contributed by atoms with Crippen LogP contribution in [0, 0.1) is 10.6 Å². The number of fused-ring (bicyclic) bond motifs is 1. The fourth-order valence-corrected chi connectivity index (χ4v) is 2.16. The summed E-state index contributed by atoms with van der Waals surface area (Å²) in [5, 5.41) is 0.823. The van der Waals surface area contributed by atoms with Crippen LogP contribution < -0.4 is 5.22 Å². The maximum Gasteiger partial charge on any atom is 0.339 e. The summed E-state index contributed by atoms with van der Waals surface area (Å²) in [4.78, 5) is 0.124. The zero-order chi connectivity index (χ0) is 10.2. The van der Waals surface area contributed by atoms with Gasteiger partial charge < -0.3 is 0 Å². The van der Waals surface area contributed by atoms with E-state index in [0.29, 0.717) is 0 Å². The van der Waals surface area contributed by atoms with Crippen LogP contribution in [-0.4, -0.2) is 6.18 Å². The van der Waals surface area contributed by atoms with Gasteiger partial charge in [-0.15, -0.1) is 6.08 Å². The Labute approximate surface area is 82.3 Å². The topological polar surface area (TPSA) is 0 Å². The standard InChI is InChI=1S/C10H5F3S/c11-10(12,13)6-8-5-7-3-1-2-4-9(7)14-8/h1-5H. The molecule has 0 aromatic heterocycles. The summed E-state index contributed by atoms with van der Waals surface area (Å²) in [6, 6.07) is 7.18. The number of halogens is 3. The molecule has 72 valence electrons. The van der Waals surface area contributed by atoms with Crippen molar-refractivity contribution in [3.8, 4) is 0 Å². The molecule has 1 aromatic carbocycles. The predicted octanol–water partition coefficient (Wildman–Crippen LogP) is 2.06. The van der Waals surface area contributed by atoms with Crippen LogP contribution in [0.4, 0.5) is 13.2 Å². The number of hydrogen-bond acceptors (Lipinski definition) is 0. The van der Waals surface area contributed by atoms with E-state index in [4.69, 9.17) is 0 Å². The first-order valence-electron chi connectivity index (χ1n) is 3.88. The van der Waals surface area contributed by atoms with E-state index in [2.05, 4.69) is 0 Å². The molecule has 1 aliphatic rings. The van der Waals surface area contributed by atoms with Crippen molar-refractivity contribution in [3.05, 3.63) is 45.0 Å². The highest BCUT2D eigenvalue weighted by Crippen LogP contribution is 2.19. The maximum absolute atomic E-state index is 12.0. The van der Waals surface area contributed by atoms with Crippen LogP contribution in [0.3, 0.4) is 0 Å². The quantitative estimate of drug-likeness (QED) is 0.352. The van der Waals surface area contributed by atoms with E-state index in [9.17, 15) is 13.2 Å². The van der Waals surface area contributed by atoms with E-state index in [1.807, 2.05) is 0 Å². The Balaban J connectivity index is 2.51. The summed E-state index contributed by atoms with van der Waals surface area (Å²) in [5.74, 6) is 0. The highest BCUT2D eigenvalue weighted by atomic mass is 32.1. The molecule has 1 aromatic rings. The molecule has 0 saturated carbocycles. The van der Waals surface area contributed by atoms with E-state index in [-0.39, 0.29) is 4.91 Å². The van der Waals surface area contributed by atoms with Crippen LogP contribution in [0.2, 0.25) is 0 Å². The van der Waals surface area contributed by atoms with Crippen LogP contribution in [0.1, 0.15) is 0 Å². The molecule has 0 radical (unpaired) electrons. The fourth-order valence-electron chi connectivity index (χ4n) is 1.18. The summed E-state index contributed by atoms with van der Waals surface area (Å²) in [5.41, 5.74) is 0. The van der Waals surface area contributed by atoms with E-state index in [1.165, 1.54) is 12.2 Å². The molecule has 0 fully saturated rings. The zero-order valence-corrected chi connectivity index (χ0v) is 7.75. The third kappa shape index (κ3) is 2.01. The number of hydrogen-bond donors (Lipinski definition) is 0. The molecular weight excluding hydrogens is 209 g/mol. The third-order valence-electron chi connectivity index (χ3n) is 1.69. The molecule has 2 rings (SSSR count). The van der Waals surface area contributed by atoms with Crippen molar-refractivity contribution in [2.75, 3.05) is 0 Å². The van der Waals surface area contributed by atoms with Crippen LogP contribution in [0.25, 0.3) is 6.08 Å². The lowest BCUT2D eigenvalue weighted by Crippen LogP contribution is -2.03. The smallest absolute Gasteiger partial charge is 0.186 e. The van der Waals surface area contributed by atoms with Crippen molar-refractivity contribution in [1.82, 2.24) is 0 Å². The summed E-state index contributed by atoms with van der Waals surface area (Å²) >= 11 is 1.09. The van der Waals surface area contributed by atoms with Crippen molar-refractivity contribution < 1.29 is 13.2 Å². The summed E-state index contributed by atoms with van der Waals surface area (Å²) in [6.07, 6.45) is -1.38. The SMILES string of the molecule is FC(F)(F)[C-]=C1C=c2ccccc2=[S+]1. The number of alkyl halides is 3. The lowest BCUT2D eigenvalue weighted by atomic mass is 10.3. The summed E-state index contributed by atoms with van der Waals surface area (Å²) in [6.45, 7) is 0. The molecule has 0 nitrogen and oxygen atoms in total. The first-order chi connectivity index (χ1) is 6.54. The van der Waals surface area contributed by atoms with Gasteiger partial charge in [-0.2, -0.15) is 13.2 Å². The van der Waals surface area contributed by atoms with Crippen molar-refractivity contribution in [2.45, 2.75) is 6.18 Å². The van der Waals surface area contributed by atoms with Gasteiger partial charge in [0.05, 0.1) is 4.91 Å². The lowest BCUT2D eigenvalue weighted by molar-refractivity contribution is -0.0876. The Kier molecular flexibility index (Phi) is 2.15. The average molecular weight is 214 g/mol. The number of allylic oxidation sites excluding steroid dienone is 2. The van der Waals surface area contributed by atoms with Gasteiger partial charge in [0.2, 0.25) is 4.51 Å². The second kappa shape index (κ2) is 3.20. The lowest BCUT2D eigenvalue weighted by Gasteiger charge is -2.01. The van der Waals surface area contributed by atoms with E-state index in [0.717, 1.165) is 21.1 Å². The van der Waals surface area contributed by atoms with Crippen molar-refractivity contribution in [3.63, 3.8) is 0 Å². The number of benzene rings is 1. The summed E-state index contributed by atoms with van der Waals surface area (Å²) < 4.78 is 36.7. The monoisotopic (exact) mass is 214 g/mol. The molecule has 1 heterocycles. The minimum atomic E-state index is -4.36. The fraction of sp³-hybridized carbons (Fsp3) is 0.100. The largest absolute Gasteiger partial charge is 0.339 e. The van der Waals surface area contributed by atoms with Gasteiger partial charge in [0.15, 0.2) is 11.4 Å². The summed E-state index contributed by atoms with van der Waals surface area (Å²) in [7, 11) is 0. The van der Waals surface area contributed by atoms with Crippen molar-refractivity contribution in [2.24, 2.45) is 0 Å². The van der Waals surface area contributed by atoms with Crippen LogP contribution in [0.5, 0.6) is 0 Å². The van der Waals surface area contributed by atoms with Gasteiger partial charge in [0, 0.05) is 6.07 Å². The Bertz CT molecular complexity index is 460. The molecule has 0 spiro atoms. The molecule has 0 unspecified atom stereocenters. The highest BCUT2D eigenvalue weighted by Gasteiger charge is 2.20. The molecule has 0 aliphatic carbocycles. The van der Waals surface area contributed by atoms with Gasteiger partial charge in [-0.1, -0.05) is 24.3 Å². The molecule has 0 bridgehead atoms. The van der Waals surface area contributed by atoms with Crippen molar-refractivity contribution >= 4 is 17.4 Å². The van der Waals surface area contributed by atoms with Gasteiger partial charge in [-0.25, -0.2) is 0 Å². The molecule has 4 heteroatoms. The van der Waals surface area contributed by atoms with Gasteiger partial charge in [-0.3, -0.25) is 0 Å². The Morgan fingerprint density at radius 2 is 1.86 bits per heavy atom. The van der Waals surface area contributed by atoms with E-state index in [1.54, 1.807) is 24.3 Å². The normalized spacial score (nSPS) is 17.5. The minimum Gasteiger partial charge on any atom is -0.186 e. The molecule has 1 aliphatic heterocycles. The Hall–Kier alpha value is -1.16. The minimum absolute atomic E-state index is 0.124. The van der Waals surface area contributed by atoms with Crippen LogP contribution in [-0.2, 0) is 11.4 Å². The Morgan fingerprint density at radius 3 is 2.50 bits per heavy atom. The third-order valence-corrected chi connectivity index (χ3v) is 2.72. The van der Waals surface area contributed by atoms with E-state index >= 15 is 0 Å². The molecule has 0 saturated heterocycles. The number of rotatable bonds is 0. The zero-order valence-electron chi connectivity index (χ0n) is 6.93. The molecule has 0 atom stereocenters. The van der Waals surface area contributed by atoms with Gasteiger partial charge in [0.1, 0.15) is 0 Å². The molecule has 14 heavy (non-hydrogen) atoms. The Morgan fingerprint density at radius 1 is 1.14 bits per heavy atom. The highest BCUT2D eigenvalue weighted by molar-refractivity contribution is 7.75. The average Bonchev–Trinajstić information content (AvgIpc) is 2.42. The van der Waals surface area contributed by atoms with Gasteiger partial charge >= 0.3 is 6.18 Å². The predicted molar refractivity (Wildman–Crippen MR) is 49.5 cm³/mol. The van der Waals surface area contributed by atoms with Crippen LogP contribution in [0.15, 0.2) is 29.2 Å². The maximum atomic E-state index is 12.0. The first-order valence-corrected chi connectivity index (χ1v) is 4.70. The molecule has 0 amide bonds. The van der Waals surface area contributed by atoms with E-state index < -0.39 is 6.18 Å². The molecular formula is C10H5F3S. The second-order valence-corrected chi connectivity index (χ2v) is 3.86. The van der Waals surface area contributed by atoms with Crippen LogP contribution >= 0.6 is 0 Å². The second-order valence-electron chi connectivity index (χ2n) is 2.77. The van der Waals surface area contributed by atoms with Crippen molar-refractivity contribution in [1.29, 1.82) is 0 Å². The van der Waals surface area contributed by atoms with Gasteiger partial charge in [0.25, 0.3) is 0 Å². The molecule has 0 N–H and O–H groups in total. The first kappa shape index (κ1) is 9.40. The van der Waals surface area contributed by atoms with Gasteiger partial charge in [-0.05, 0) is 5.22 Å².